The third kappa shape index (κ3) is 5.68. The first-order valence-corrected chi connectivity index (χ1v) is 8.18. The van der Waals surface area contributed by atoms with Crippen LogP contribution in [0.3, 0.4) is 0 Å². The molecule has 0 spiro atoms. The van der Waals surface area contributed by atoms with Crippen LogP contribution in [0.15, 0.2) is 24.3 Å². The van der Waals surface area contributed by atoms with Crippen LogP contribution in [0.4, 0.5) is 0 Å². The molecule has 1 aromatic carbocycles. The Labute approximate surface area is 130 Å². The molecule has 3 nitrogen and oxygen atoms in total. The van der Waals surface area contributed by atoms with Gasteiger partial charge in [-0.25, -0.2) is 0 Å². The summed E-state index contributed by atoms with van der Waals surface area (Å²) in [6.07, 6.45) is 3.48. The first-order valence-electron chi connectivity index (χ1n) is 8.18. The van der Waals surface area contributed by atoms with Crippen LogP contribution in [0, 0.1) is 0 Å². The minimum Gasteiger partial charge on any atom is -0.496 e. The fourth-order valence-electron chi connectivity index (χ4n) is 2.79. The lowest BCUT2D eigenvalue weighted by molar-refractivity contribution is 0.169. The van der Waals surface area contributed by atoms with Gasteiger partial charge in [-0.3, -0.25) is 4.90 Å². The number of likely N-dealkylation sites (N-methyl/N-ethyl adjacent to an activating group) is 2. The molecule has 2 atom stereocenters. The standard InChI is InChI=1S/C18H32N2O/c1-6-10-17(14-19-7-2)20(4)15(3)13-16-11-8-9-12-18(16)21-5/h8-9,11-12,15,17,19H,6-7,10,13-14H2,1-5H3. The molecule has 0 saturated heterocycles. The fourth-order valence-corrected chi connectivity index (χ4v) is 2.79. The lowest BCUT2D eigenvalue weighted by atomic mass is 10.0. The third-order valence-electron chi connectivity index (χ3n) is 4.23. The van der Waals surface area contributed by atoms with Crippen molar-refractivity contribution in [3.05, 3.63) is 29.8 Å². The number of methoxy groups -OCH3 is 1. The van der Waals surface area contributed by atoms with Crippen LogP contribution in [-0.2, 0) is 6.42 Å². The van der Waals surface area contributed by atoms with E-state index in [1.165, 1.54) is 18.4 Å². The Balaban J connectivity index is 2.68. The van der Waals surface area contributed by atoms with Gasteiger partial charge in [0.05, 0.1) is 7.11 Å². The predicted molar refractivity (Wildman–Crippen MR) is 91.2 cm³/mol. The van der Waals surface area contributed by atoms with Crippen LogP contribution in [-0.4, -0.2) is 44.2 Å². The zero-order valence-corrected chi connectivity index (χ0v) is 14.4. The van der Waals surface area contributed by atoms with Gasteiger partial charge in [-0.05, 0) is 45.0 Å². The van der Waals surface area contributed by atoms with Gasteiger partial charge < -0.3 is 10.1 Å². The molecule has 0 radical (unpaired) electrons. The van der Waals surface area contributed by atoms with Crippen LogP contribution in [0.5, 0.6) is 5.75 Å². The van der Waals surface area contributed by atoms with Crippen LogP contribution < -0.4 is 10.1 Å². The summed E-state index contributed by atoms with van der Waals surface area (Å²) in [5, 5.41) is 3.49. The van der Waals surface area contributed by atoms with Gasteiger partial charge in [0.2, 0.25) is 0 Å². The predicted octanol–water partition coefficient (Wildman–Crippen LogP) is 3.34. The molecule has 120 valence electrons. The highest BCUT2D eigenvalue weighted by Crippen LogP contribution is 2.21. The normalized spacial score (nSPS) is 14.2. The molecule has 0 aromatic heterocycles. The second kappa shape index (κ2) is 9.80. The number of hydrogen-bond donors (Lipinski definition) is 1. The Morgan fingerprint density at radius 1 is 1.24 bits per heavy atom. The molecular weight excluding hydrogens is 260 g/mol. The SMILES string of the molecule is CCCC(CNCC)N(C)C(C)Cc1ccccc1OC. The monoisotopic (exact) mass is 292 g/mol. The molecule has 0 aliphatic heterocycles. The van der Waals surface area contributed by atoms with E-state index in [0.717, 1.165) is 25.3 Å². The van der Waals surface area contributed by atoms with Gasteiger partial charge in [0.15, 0.2) is 0 Å². The molecule has 1 N–H and O–H groups in total. The topological polar surface area (TPSA) is 24.5 Å². The van der Waals surface area contributed by atoms with Crippen molar-refractivity contribution in [1.82, 2.24) is 10.2 Å². The maximum atomic E-state index is 5.47. The van der Waals surface area contributed by atoms with Crippen molar-refractivity contribution in [1.29, 1.82) is 0 Å². The summed E-state index contributed by atoms with van der Waals surface area (Å²) in [6.45, 7) is 8.84. The van der Waals surface area contributed by atoms with Crippen molar-refractivity contribution in [2.45, 2.75) is 52.1 Å². The zero-order chi connectivity index (χ0) is 15.7. The summed E-state index contributed by atoms with van der Waals surface area (Å²) in [6, 6.07) is 9.43. The van der Waals surface area contributed by atoms with Crippen LogP contribution in [0.25, 0.3) is 0 Å². The molecule has 3 heteroatoms. The van der Waals surface area contributed by atoms with Crippen LogP contribution in [0.2, 0.25) is 0 Å². The van der Waals surface area contributed by atoms with Crippen molar-refractivity contribution in [3.8, 4) is 5.75 Å². The number of nitrogens with zero attached hydrogens (tertiary/aromatic N) is 1. The fraction of sp³-hybridized carbons (Fsp3) is 0.667. The lowest BCUT2D eigenvalue weighted by Gasteiger charge is -2.33. The van der Waals surface area contributed by atoms with Crippen molar-refractivity contribution in [2.75, 3.05) is 27.2 Å². The Kier molecular flexibility index (Phi) is 8.40. The molecular formula is C18H32N2O. The quantitative estimate of drug-likeness (QED) is 0.716. The van der Waals surface area contributed by atoms with Crippen molar-refractivity contribution >= 4 is 0 Å². The van der Waals surface area contributed by atoms with E-state index in [1.54, 1.807) is 7.11 Å². The second-order valence-corrected chi connectivity index (χ2v) is 5.78. The molecule has 0 heterocycles. The van der Waals surface area contributed by atoms with Crippen LogP contribution in [0.1, 0.15) is 39.2 Å². The molecule has 0 saturated carbocycles. The van der Waals surface area contributed by atoms with E-state index in [2.05, 4.69) is 50.2 Å². The van der Waals surface area contributed by atoms with E-state index >= 15 is 0 Å². The highest BCUT2D eigenvalue weighted by molar-refractivity contribution is 5.33. The van der Waals surface area contributed by atoms with Gasteiger partial charge in [-0.15, -0.1) is 0 Å². The third-order valence-corrected chi connectivity index (χ3v) is 4.23. The summed E-state index contributed by atoms with van der Waals surface area (Å²) in [7, 11) is 4.00. The molecule has 2 unspecified atom stereocenters. The smallest absolute Gasteiger partial charge is 0.122 e. The Morgan fingerprint density at radius 2 is 1.95 bits per heavy atom. The maximum absolute atomic E-state index is 5.47. The number of benzene rings is 1. The van der Waals surface area contributed by atoms with Gasteiger partial charge in [-0.1, -0.05) is 38.5 Å². The molecule has 0 amide bonds. The lowest BCUT2D eigenvalue weighted by Crippen LogP contribution is -2.45. The summed E-state index contributed by atoms with van der Waals surface area (Å²) in [4.78, 5) is 2.51. The number of hydrogen-bond acceptors (Lipinski definition) is 3. The summed E-state index contributed by atoms with van der Waals surface area (Å²) >= 11 is 0. The van der Waals surface area contributed by atoms with Crippen molar-refractivity contribution in [2.24, 2.45) is 0 Å². The van der Waals surface area contributed by atoms with Crippen LogP contribution >= 0.6 is 0 Å². The summed E-state index contributed by atoms with van der Waals surface area (Å²) in [5.41, 5.74) is 1.29. The minimum atomic E-state index is 0.497. The number of ether oxygens (including phenoxy) is 1. The minimum absolute atomic E-state index is 0.497. The molecule has 0 bridgehead atoms. The Bertz CT molecular complexity index is 395. The second-order valence-electron chi connectivity index (χ2n) is 5.78. The van der Waals surface area contributed by atoms with E-state index in [9.17, 15) is 0 Å². The van der Waals surface area contributed by atoms with E-state index < -0.39 is 0 Å². The zero-order valence-electron chi connectivity index (χ0n) is 14.4. The largest absolute Gasteiger partial charge is 0.496 e. The summed E-state index contributed by atoms with van der Waals surface area (Å²) < 4.78 is 5.47. The molecule has 0 aliphatic carbocycles. The first-order chi connectivity index (χ1) is 10.1. The molecule has 1 aromatic rings. The first kappa shape index (κ1) is 18.0. The average Bonchev–Trinajstić information content (AvgIpc) is 2.51. The van der Waals surface area contributed by atoms with E-state index in [0.29, 0.717) is 12.1 Å². The highest BCUT2D eigenvalue weighted by atomic mass is 16.5. The maximum Gasteiger partial charge on any atom is 0.122 e. The van der Waals surface area contributed by atoms with Gasteiger partial charge in [-0.2, -0.15) is 0 Å². The molecule has 0 fully saturated rings. The van der Waals surface area contributed by atoms with Gasteiger partial charge >= 0.3 is 0 Å². The van der Waals surface area contributed by atoms with E-state index in [1.807, 2.05) is 12.1 Å². The average molecular weight is 292 g/mol. The van der Waals surface area contributed by atoms with Gasteiger partial charge in [0, 0.05) is 18.6 Å². The van der Waals surface area contributed by atoms with E-state index in [-0.39, 0.29) is 0 Å². The molecule has 0 aliphatic rings. The van der Waals surface area contributed by atoms with Gasteiger partial charge in [0.1, 0.15) is 5.75 Å². The number of nitrogens with one attached hydrogen (secondary N) is 1. The van der Waals surface area contributed by atoms with Crippen molar-refractivity contribution in [3.63, 3.8) is 0 Å². The summed E-state index contributed by atoms with van der Waals surface area (Å²) in [5.74, 6) is 0.997. The Hall–Kier alpha value is -1.06. The number of para-hydroxylation sites is 1. The van der Waals surface area contributed by atoms with E-state index in [4.69, 9.17) is 4.74 Å². The highest BCUT2D eigenvalue weighted by Gasteiger charge is 2.20. The number of rotatable bonds is 10. The Morgan fingerprint density at radius 3 is 2.57 bits per heavy atom. The molecule has 21 heavy (non-hydrogen) atoms. The van der Waals surface area contributed by atoms with Crippen molar-refractivity contribution < 1.29 is 4.74 Å². The van der Waals surface area contributed by atoms with Gasteiger partial charge in [0.25, 0.3) is 0 Å². The molecule has 1 rings (SSSR count).